The highest BCUT2D eigenvalue weighted by atomic mass is 19.1. The number of fused-ring (bicyclic) bond motifs is 2. The van der Waals surface area contributed by atoms with Crippen LogP contribution in [0.15, 0.2) is 52.4 Å². The Hall–Kier alpha value is -3.19. The zero-order valence-electron chi connectivity index (χ0n) is 18.8. The third-order valence-electron chi connectivity index (χ3n) is 6.50. The van der Waals surface area contributed by atoms with Gasteiger partial charge in [-0.1, -0.05) is 12.2 Å². The highest BCUT2D eigenvalue weighted by Gasteiger charge is 2.30. The molecule has 0 atom stereocenters. The molecule has 166 valence electrons. The van der Waals surface area contributed by atoms with Gasteiger partial charge in [-0.3, -0.25) is 15.1 Å². The summed E-state index contributed by atoms with van der Waals surface area (Å²) >= 11 is 0. The molecule has 0 spiro atoms. The van der Waals surface area contributed by atoms with Gasteiger partial charge in [0.25, 0.3) is 0 Å². The van der Waals surface area contributed by atoms with Crippen molar-refractivity contribution in [2.45, 2.75) is 12.8 Å². The van der Waals surface area contributed by atoms with E-state index in [0.717, 1.165) is 66.1 Å². The van der Waals surface area contributed by atoms with Crippen molar-refractivity contribution in [2.75, 3.05) is 47.3 Å². The van der Waals surface area contributed by atoms with Crippen molar-refractivity contribution < 1.29 is 9.18 Å². The number of hydrazone groups is 1. The van der Waals surface area contributed by atoms with Crippen molar-refractivity contribution in [3.63, 3.8) is 0 Å². The molecule has 0 radical (unpaired) electrons. The predicted octanol–water partition coefficient (Wildman–Crippen LogP) is 2.81. The summed E-state index contributed by atoms with van der Waals surface area (Å²) in [5.41, 5.74) is 11.3. The van der Waals surface area contributed by atoms with Gasteiger partial charge in [-0.2, -0.15) is 5.10 Å². The van der Waals surface area contributed by atoms with E-state index in [4.69, 9.17) is 0 Å². The minimum Gasteiger partial charge on any atom is -0.375 e. The highest BCUT2D eigenvalue weighted by Crippen LogP contribution is 2.39. The molecule has 6 nitrogen and oxygen atoms in total. The maximum absolute atomic E-state index is 14.5. The summed E-state index contributed by atoms with van der Waals surface area (Å²) in [6, 6.07) is 3.19. The van der Waals surface area contributed by atoms with Crippen LogP contribution in [-0.4, -0.2) is 73.6 Å². The Morgan fingerprint density at radius 2 is 2.09 bits per heavy atom. The number of rotatable bonds is 3. The lowest BCUT2D eigenvalue weighted by Gasteiger charge is -2.29. The molecular formula is C25H28FN5O. The Bertz CT molecular complexity index is 1140. The maximum Gasteiger partial charge on any atom is 0.236 e. The number of allylic oxidation sites excluding steroid dienone is 2. The van der Waals surface area contributed by atoms with E-state index < -0.39 is 0 Å². The minimum absolute atomic E-state index is 0.127. The number of amides is 1. The predicted molar refractivity (Wildman–Crippen MR) is 125 cm³/mol. The monoisotopic (exact) mass is 433 g/mol. The van der Waals surface area contributed by atoms with Crippen molar-refractivity contribution in [3.05, 3.63) is 69.8 Å². The summed E-state index contributed by atoms with van der Waals surface area (Å²) in [4.78, 5) is 18.2. The number of likely N-dealkylation sites (N-methyl/N-ethyl adjacent to an activating group) is 2. The number of benzene rings is 1. The minimum atomic E-state index is -0.239. The van der Waals surface area contributed by atoms with Gasteiger partial charge < -0.3 is 9.80 Å². The zero-order chi connectivity index (χ0) is 22.4. The van der Waals surface area contributed by atoms with E-state index in [0.29, 0.717) is 6.54 Å². The fourth-order valence-electron chi connectivity index (χ4n) is 4.81. The lowest BCUT2D eigenvalue weighted by atomic mass is 9.88. The summed E-state index contributed by atoms with van der Waals surface area (Å²) in [6.07, 6.45) is 9.98. The second-order valence-electron chi connectivity index (χ2n) is 9.00. The largest absolute Gasteiger partial charge is 0.375 e. The van der Waals surface area contributed by atoms with E-state index in [1.807, 2.05) is 19.2 Å². The van der Waals surface area contributed by atoms with Gasteiger partial charge >= 0.3 is 0 Å². The number of nitrogens with one attached hydrogen (secondary N) is 1. The Morgan fingerprint density at radius 3 is 2.91 bits per heavy atom. The highest BCUT2D eigenvalue weighted by molar-refractivity contribution is 6.20. The van der Waals surface area contributed by atoms with Crippen LogP contribution < -0.4 is 5.43 Å². The van der Waals surface area contributed by atoms with Gasteiger partial charge in [0.2, 0.25) is 5.91 Å². The molecule has 1 aromatic carbocycles. The normalized spacial score (nSPS) is 19.9. The molecule has 3 aliphatic heterocycles. The third-order valence-corrected chi connectivity index (χ3v) is 6.50. The van der Waals surface area contributed by atoms with Crippen molar-refractivity contribution in [3.8, 4) is 0 Å². The Balaban J connectivity index is 1.50. The molecule has 3 heterocycles. The number of nitrogens with zero attached hydrogens (tertiary/aromatic N) is 4. The van der Waals surface area contributed by atoms with Crippen LogP contribution in [0.4, 0.5) is 4.39 Å². The lowest BCUT2D eigenvalue weighted by Crippen LogP contribution is -2.37. The molecule has 0 unspecified atom stereocenters. The first-order valence-electron chi connectivity index (χ1n) is 11.0. The quantitative estimate of drug-likeness (QED) is 0.797. The summed E-state index contributed by atoms with van der Waals surface area (Å²) in [5, 5.41) is 4.67. The van der Waals surface area contributed by atoms with Crippen LogP contribution in [0.25, 0.3) is 11.6 Å². The van der Waals surface area contributed by atoms with Crippen molar-refractivity contribution >= 4 is 23.3 Å². The van der Waals surface area contributed by atoms with Crippen LogP contribution in [0.1, 0.15) is 29.5 Å². The SMILES string of the molecule is CN1C=C2C(=C(C3=CCCN(CC(=O)N(C)C)CC3)C1)NN=C1C=Cc3cc(F)cc2c31. The van der Waals surface area contributed by atoms with E-state index in [1.165, 1.54) is 11.1 Å². The molecule has 0 saturated carbocycles. The van der Waals surface area contributed by atoms with Crippen molar-refractivity contribution in [2.24, 2.45) is 5.10 Å². The van der Waals surface area contributed by atoms with E-state index in [1.54, 1.807) is 31.1 Å². The first-order chi connectivity index (χ1) is 15.4. The molecule has 4 aliphatic rings. The van der Waals surface area contributed by atoms with Crippen LogP contribution in [0.3, 0.4) is 0 Å². The van der Waals surface area contributed by atoms with Gasteiger partial charge in [0, 0.05) is 58.1 Å². The van der Waals surface area contributed by atoms with Crippen LogP contribution in [0.2, 0.25) is 0 Å². The fourth-order valence-corrected chi connectivity index (χ4v) is 4.81. The summed E-state index contributed by atoms with van der Waals surface area (Å²) < 4.78 is 14.5. The number of carbonyl (C=O) groups is 1. The third kappa shape index (κ3) is 3.66. The fraction of sp³-hybridized carbons (Fsp3) is 0.360. The Kier molecular flexibility index (Phi) is 5.21. The maximum atomic E-state index is 14.5. The lowest BCUT2D eigenvalue weighted by molar-refractivity contribution is -0.129. The molecule has 1 N–H and O–H groups in total. The van der Waals surface area contributed by atoms with Gasteiger partial charge in [0.05, 0.1) is 18.0 Å². The molecular weight excluding hydrogens is 405 g/mol. The van der Waals surface area contributed by atoms with Gasteiger partial charge in [0.15, 0.2) is 0 Å². The number of carbonyl (C=O) groups excluding carboxylic acids is 1. The molecule has 0 fully saturated rings. The molecule has 7 heteroatoms. The molecule has 0 aromatic heterocycles. The molecule has 0 saturated heterocycles. The first-order valence-corrected chi connectivity index (χ1v) is 11.0. The van der Waals surface area contributed by atoms with Crippen LogP contribution in [0, 0.1) is 5.82 Å². The zero-order valence-corrected chi connectivity index (χ0v) is 18.8. The second-order valence-corrected chi connectivity index (χ2v) is 9.00. The summed E-state index contributed by atoms with van der Waals surface area (Å²) in [6.45, 7) is 2.89. The van der Waals surface area contributed by atoms with Gasteiger partial charge in [-0.05, 0) is 53.3 Å². The topological polar surface area (TPSA) is 51.2 Å². The standard InChI is InChI=1S/C25H28FN5O/c1-29(2)23(32)15-31-9-4-5-16(8-10-31)20-13-30(3)14-21-19-12-18(26)11-17-6-7-22(24(17)19)27-28-25(20)21/h5-7,11-12,14,28H,4,8-10,13,15H2,1-3H3. The second kappa shape index (κ2) is 8.06. The van der Waals surface area contributed by atoms with Crippen LogP contribution in [0.5, 0.6) is 0 Å². The molecule has 5 rings (SSSR count). The Morgan fingerprint density at radius 1 is 1.25 bits per heavy atom. The van der Waals surface area contributed by atoms with Gasteiger partial charge in [-0.25, -0.2) is 4.39 Å². The average molecular weight is 434 g/mol. The number of halogens is 1. The molecule has 1 amide bonds. The van der Waals surface area contributed by atoms with Crippen LogP contribution >= 0.6 is 0 Å². The Labute approximate surface area is 188 Å². The first kappa shape index (κ1) is 20.7. The molecule has 32 heavy (non-hydrogen) atoms. The number of hydrogen-bond acceptors (Lipinski definition) is 5. The number of hydrogen-bond donors (Lipinski definition) is 1. The molecule has 0 bridgehead atoms. The van der Waals surface area contributed by atoms with E-state index in [9.17, 15) is 9.18 Å². The van der Waals surface area contributed by atoms with Crippen molar-refractivity contribution in [1.82, 2.24) is 20.1 Å². The summed E-state index contributed by atoms with van der Waals surface area (Å²) in [7, 11) is 5.64. The smallest absolute Gasteiger partial charge is 0.236 e. The average Bonchev–Trinajstić information content (AvgIpc) is 2.92. The van der Waals surface area contributed by atoms with Crippen LogP contribution in [-0.2, 0) is 4.79 Å². The van der Waals surface area contributed by atoms with Crippen molar-refractivity contribution in [1.29, 1.82) is 0 Å². The van der Waals surface area contributed by atoms with Gasteiger partial charge in [0.1, 0.15) is 5.82 Å². The molecule has 1 aliphatic carbocycles. The molecule has 1 aromatic rings. The van der Waals surface area contributed by atoms with E-state index >= 15 is 0 Å². The van der Waals surface area contributed by atoms with E-state index in [-0.39, 0.29) is 11.7 Å². The summed E-state index contributed by atoms with van der Waals surface area (Å²) in [5.74, 6) is -0.112. The van der Waals surface area contributed by atoms with Gasteiger partial charge in [-0.15, -0.1) is 0 Å². The van der Waals surface area contributed by atoms with E-state index in [2.05, 4.69) is 32.6 Å².